The number of hydrogen-bond donors (Lipinski definition) is 3. The molecule has 1 aromatic carbocycles. The van der Waals surface area contributed by atoms with Crippen LogP contribution in [0.1, 0.15) is 18.8 Å². The second-order valence-corrected chi connectivity index (χ2v) is 5.51. The lowest BCUT2D eigenvalue weighted by molar-refractivity contribution is 0.812. The van der Waals surface area contributed by atoms with Gasteiger partial charge in [-0.3, -0.25) is 4.98 Å². The monoisotopic (exact) mass is 331 g/mol. The minimum absolute atomic E-state index is 0.0249. The Kier molecular flexibility index (Phi) is 3.31. The zero-order valence-electron chi connectivity index (χ0n) is 10.9. The van der Waals surface area contributed by atoms with Crippen molar-refractivity contribution in [1.82, 2.24) is 15.0 Å². The van der Waals surface area contributed by atoms with Crippen molar-refractivity contribution in [3.8, 4) is 0 Å². The fraction of sp³-hybridized carbons (Fsp3) is 0.143. The van der Waals surface area contributed by atoms with Crippen LogP contribution in [0.25, 0.3) is 10.9 Å². The third kappa shape index (κ3) is 2.34. The van der Waals surface area contributed by atoms with E-state index >= 15 is 0 Å². The minimum Gasteiger partial charge on any atom is -0.396 e. The molecule has 20 heavy (non-hydrogen) atoms. The number of hydrogen-bond acceptors (Lipinski definition) is 4. The summed E-state index contributed by atoms with van der Waals surface area (Å²) in [4.78, 5) is 11.7. The lowest BCUT2D eigenvalue weighted by atomic mass is 10.1. The molecular formula is C14H14BrN5. The zero-order valence-corrected chi connectivity index (χ0v) is 12.5. The predicted molar refractivity (Wildman–Crippen MR) is 84.5 cm³/mol. The number of aromatic nitrogens is 3. The first-order valence-corrected chi connectivity index (χ1v) is 7.04. The van der Waals surface area contributed by atoms with E-state index in [0.29, 0.717) is 5.69 Å². The average Bonchev–Trinajstić information content (AvgIpc) is 2.96. The number of benzene rings is 1. The van der Waals surface area contributed by atoms with Gasteiger partial charge in [0.25, 0.3) is 0 Å². The van der Waals surface area contributed by atoms with Crippen molar-refractivity contribution in [3.05, 3.63) is 47.1 Å². The number of anilines is 2. The quantitative estimate of drug-likeness (QED) is 0.686. The molecule has 0 saturated carbocycles. The van der Waals surface area contributed by atoms with Crippen LogP contribution in [0, 0.1) is 0 Å². The predicted octanol–water partition coefficient (Wildman–Crippen LogP) is 3.48. The second kappa shape index (κ2) is 5.13. The summed E-state index contributed by atoms with van der Waals surface area (Å²) in [6.07, 6.45) is 5.21. The molecule has 0 fully saturated rings. The highest BCUT2D eigenvalue weighted by Crippen LogP contribution is 2.32. The molecule has 2 aromatic heterocycles. The number of halogens is 1. The number of nitrogens with two attached hydrogens (primary N) is 1. The third-order valence-electron chi connectivity index (χ3n) is 3.15. The van der Waals surface area contributed by atoms with E-state index < -0.39 is 0 Å². The van der Waals surface area contributed by atoms with E-state index in [-0.39, 0.29) is 6.04 Å². The number of pyridine rings is 1. The van der Waals surface area contributed by atoms with Crippen LogP contribution in [0.2, 0.25) is 0 Å². The molecule has 2 heterocycles. The standard InChI is InChI=1S/C14H14BrN5/c1-8(14-17-4-5-18-14)20-13-10-6-9(15)2-3-12(10)19-7-11(13)16/h2-8H,16H2,1H3,(H,17,18)(H,19,20). The first-order chi connectivity index (χ1) is 9.65. The summed E-state index contributed by atoms with van der Waals surface area (Å²) in [6.45, 7) is 2.03. The highest BCUT2D eigenvalue weighted by molar-refractivity contribution is 9.10. The van der Waals surface area contributed by atoms with E-state index in [1.54, 1.807) is 18.6 Å². The number of fused-ring (bicyclic) bond motifs is 1. The van der Waals surface area contributed by atoms with Crippen molar-refractivity contribution >= 4 is 38.2 Å². The van der Waals surface area contributed by atoms with Gasteiger partial charge in [0.05, 0.1) is 29.1 Å². The van der Waals surface area contributed by atoms with Crippen molar-refractivity contribution < 1.29 is 0 Å². The number of rotatable bonds is 3. The molecule has 0 aliphatic rings. The molecule has 1 unspecified atom stereocenters. The first-order valence-electron chi connectivity index (χ1n) is 6.24. The maximum absolute atomic E-state index is 6.07. The first kappa shape index (κ1) is 12.9. The van der Waals surface area contributed by atoms with Crippen molar-refractivity contribution in [2.24, 2.45) is 0 Å². The van der Waals surface area contributed by atoms with Gasteiger partial charge in [-0.05, 0) is 25.1 Å². The van der Waals surface area contributed by atoms with Gasteiger partial charge in [0.1, 0.15) is 5.82 Å². The Morgan fingerprint density at radius 2 is 2.20 bits per heavy atom. The molecule has 0 aliphatic carbocycles. The van der Waals surface area contributed by atoms with E-state index in [4.69, 9.17) is 5.73 Å². The van der Waals surface area contributed by atoms with Crippen molar-refractivity contribution in [3.63, 3.8) is 0 Å². The number of imidazole rings is 1. The molecule has 0 saturated heterocycles. The number of aromatic amines is 1. The third-order valence-corrected chi connectivity index (χ3v) is 3.64. The molecule has 4 N–H and O–H groups in total. The Labute approximate surface area is 124 Å². The Hall–Kier alpha value is -2.08. The van der Waals surface area contributed by atoms with Crippen LogP contribution in [0.15, 0.2) is 41.3 Å². The smallest absolute Gasteiger partial charge is 0.128 e. The van der Waals surface area contributed by atoms with E-state index in [2.05, 4.69) is 36.2 Å². The van der Waals surface area contributed by atoms with E-state index in [1.807, 2.05) is 25.1 Å². The molecule has 5 nitrogen and oxygen atoms in total. The number of nitrogens with one attached hydrogen (secondary N) is 2. The molecule has 3 rings (SSSR count). The van der Waals surface area contributed by atoms with Gasteiger partial charge in [-0.15, -0.1) is 0 Å². The van der Waals surface area contributed by atoms with E-state index in [1.165, 1.54) is 0 Å². The number of nitrogen functional groups attached to an aromatic ring is 1. The highest BCUT2D eigenvalue weighted by Gasteiger charge is 2.12. The maximum atomic E-state index is 6.07. The van der Waals surface area contributed by atoms with Crippen LogP contribution in [0.3, 0.4) is 0 Å². The van der Waals surface area contributed by atoms with Gasteiger partial charge >= 0.3 is 0 Å². The van der Waals surface area contributed by atoms with Crippen LogP contribution in [-0.4, -0.2) is 15.0 Å². The summed E-state index contributed by atoms with van der Waals surface area (Å²) in [5.41, 5.74) is 8.46. The van der Waals surface area contributed by atoms with Crippen molar-refractivity contribution in [2.45, 2.75) is 13.0 Å². The van der Waals surface area contributed by atoms with Gasteiger partial charge in [0.2, 0.25) is 0 Å². The summed E-state index contributed by atoms with van der Waals surface area (Å²) >= 11 is 3.48. The molecule has 0 aliphatic heterocycles. The molecule has 0 spiro atoms. The van der Waals surface area contributed by atoms with Crippen LogP contribution in [-0.2, 0) is 0 Å². The van der Waals surface area contributed by atoms with Gasteiger partial charge in [-0.1, -0.05) is 15.9 Å². The molecule has 0 amide bonds. The summed E-state index contributed by atoms with van der Waals surface area (Å²) < 4.78 is 0.992. The van der Waals surface area contributed by atoms with Gasteiger partial charge in [-0.2, -0.15) is 0 Å². The van der Waals surface area contributed by atoms with Crippen molar-refractivity contribution in [1.29, 1.82) is 0 Å². The lowest BCUT2D eigenvalue weighted by Crippen LogP contribution is -2.10. The SMILES string of the molecule is CC(Nc1c(N)cnc2ccc(Br)cc12)c1ncc[nH]1. The molecule has 6 heteroatoms. The summed E-state index contributed by atoms with van der Waals surface area (Å²) in [5.74, 6) is 0.865. The van der Waals surface area contributed by atoms with E-state index in [9.17, 15) is 0 Å². The largest absolute Gasteiger partial charge is 0.396 e. The molecule has 0 bridgehead atoms. The molecule has 3 aromatic rings. The van der Waals surface area contributed by atoms with Crippen LogP contribution in [0.5, 0.6) is 0 Å². The lowest BCUT2D eigenvalue weighted by Gasteiger charge is -2.17. The van der Waals surface area contributed by atoms with Gasteiger partial charge in [0.15, 0.2) is 0 Å². The Bertz CT molecular complexity index is 733. The minimum atomic E-state index is 0.0249. The maximum Gasteiger partial charge on any atom is 0.128 e. The Morgan fingerprint density at radius 1 is 1.35 bits per heavy atom. The summed E-state index contributed by atoms with van der Waals surface area (Å²) in [6, 6.07) is 5.96. The number of nitrogens with zero attached hydrogens (tertiary/aromatic N) is 2. The molecule has 102 valence electrons. The zero-order chi connectivity index (χ0) is 14.1. The van der Waals surface area contributed by atoms with Crippen LogP contribution in [0.4, 0.5) is 11.4 Å². The van der Waals surface area contributed by atoms with Crippen LogP contribution < -0.4 is 11.1 Å². The fourth-order valence-corrected chi connectivity index (χ4v) is 2.50. The molecular weight excluding hydrogens is 318 g/mol. The summed E-state index contributed by atoms with van der Waals surface area (Å²) in [7, 11) is 0. The Balaban J connectivity index is 2.06. The van der Waals surface area contributed by atoms with Crippen molar-refractivity contribution in [2.75, 3.05) is 11.1 Å². The highest BCUT2D eigenvalue weighted by atomic mass is 79.9. The molecule has 1 atom stereocenters. The van der Waals surface area contributed by atoms with Crippen LogP contribution >= 0.6 is 15.9 Å². The Morgan fingerprint density at radius 3 is 2.95 bits per heavy atom. The van der Waals surface area contributed by atoms with Gasteiger partial charge in [0, 0.05) is 22.3 Å². The molecule has 0 radical (unpaired) electrons. The topological polar surface area (TPSA) is 79.6 Å². The van der Waals surface area contributed by atoms with Gasteiger partial charge in [-0.25, -0.2) is 4.98 Å². The summed E-state index contributed by atoms with van der Waals surface area (Å²) in [5, 5.41) is 4.39. The normalized spacial score (nSPS) is 12.5. The van der Waals surface area contributed by atoms with E-state index in [0.717, 1.165) is 26.9 Å². The number of H-pyrrole nitrogens is 1. The second-order valence-electron chi connectivity index (χ2n) is 4.59. The fourth-order valence-electron chi connectivity index (χ4n) is 2.14. The van der Waals surface area contributed by atoms with Gasteiger partial charge < -0.3 is 16.0 Å². The average molecular weight is 332 g/mol.